The van der Waals surface area contributed by atoms with Crippen LogP contribution in [-0.4, -0.2) is 70.6 Å². The molecule has 1 saturated carbocycles. The normalized spacial score (nSPS) is 17.7. The third kappa shape index (κ3) is 9.31. The number of halogens is 11. The molecule has 5 aromatic rings. The predicted molar refractivity (Wildman–Crippen MR) is 213 cm³/mol. The number of anilines is 1. The van der Waals surface area contributed by atoms with Gasteiger partial charge in [-0.2, -0.15) is 45.3 Å². The summed E-state index contributed by atoms with van der Waals surface area (Å²) in [6.07, 6.45) is -10.1. The van der Waals surface area contributed by atoms with E-state index in [1.807, 2.05) is 4.72 Å². The second-order valence-electron chi connectivity index (χ2n) is 16.2. The van der Waals surface area contributed by atoms with Gasteiger partial charge in [0.05, 0.1) is 27.9 Å². The van der Waals surface area contributed by atoms with E-state index in [1.54, 1.807) is 0 Å². The number of carbonyl (C=O) groups excluding carboxylic acids is 1. The van der Waals surface area contributed by atoms with Crippen LogP contribution in [0.15, 0.2) is 42.5 Å². The molecule has 3 atom stereocenters. The van der Waals surface area contributed by atoms with Crippen LogP contribution in [0.3, 0.4) is 0 Å². The van der Waals surface area contributed by atoms with Crippen molar-refractivity contribution in [3.05, 3.63) is 93.0 Å². The molecular formula is C40H33ClF10N6O5S2. The highest BCUT2D eigenvalue weighted by atomic mass is 35.5. The summed E-state index contributed by atoms with van der Waals surface area (Å²) in [4.78, 5) is 18.7. The van der Waals surface area contributed by atoms with Gasteiger partial charge in [0.1, 0.15) is 40.9 Å². The molecule has 3 heterocycles. The van der Waals surface area contributed by atoms with Crippen LogP contribution in [0, 0.1) is 29.4 Å². The zero-order chi connectivity index (χ0) is 47.3. The Morgan fingerprint density at radius 2 is 1.59 bits per heavy atom. The molecule has 342 valence electrons. The number of rotatable bonds is 12. The maximum atomic E-state index is 15.5. The standard InChI is InChI=1S/C40H33ClF10N6O5S2/c1-37(2,63(3,59)60)10-9-23-5-6-25(26-7-8-29(41)31-33(26)57(18-38(44,45)46)54-36(31)55-64(4,61)62)32(52-23)20(11-19-12-21(42)15-22(43)13-19)14-24(58)17-56-35-30(34(53-56)40(49,50)51)27-16-28(27)39(35,47)48/h5-8,12-13,15,20,27-28H,11,14,16-18H2,1-4H3,(H,54,55). The van der Waals surface area contributed by atoms with Gasteiger partial charge in [0.2, 0.25) is 10.0 Å². The zero-order valence-electron chi connectivity index (χ0n) is 33.6. The van der Waals surface area contributed by atoms with Crippen LogP contribution >= 0.6 is 11.6 Å². The molecule has 64 heavy (non-hydrogen) atoms. The molecule has 0 aliphatic heterocycles. The fourth-order valence-electron chi connectivity index (χ4n) is 7.80. The number of benzene rings is 2. The Morgan fingerprint density at radius 3 is 2.19 bits per heavy atom. The van der Waals surface area contributed by atoms with Crippen molar-refractivity contribution in [3.8, 4) is 23.0 Å². The Kier molecular flexibility index (Phi) is 11.5. The number of hydrogen-bond acceptors (Lipinski definition) is 8. The average Bonchev–Trinajstić information content (AvgIpc) is 3.66. The van der Waals surface area contributed by atoms with Crippen LogP contribution < -0.4 is 4.72 Å². The molecule has 24 heteroatoms. The number of hydrogen-bond donors (Lipinski definition) is 1. The highest BCUT2D eigenvalue weighted by molar-refractivity contribution is 7.92. The maximum absolute atomic E-state index is 15.5. The molecule has 2 aliphatic carbocycles. The minimum Gasteiger partial charge on any atom is -0.298 e. The van der Waals surface area contributed by atoms with E-state index in [1.165, 1.54) is 38.1 Å². The van der Waals surface area contributed by atoms with E-state index in [4.69, 9.17) is 11.6 Å². The number of sulfonamides is 1. The van der Waals surface area contributed by atoms with Crippen molar-refractivity contribution >= 4 is 54.0 Å². The SMILES string of the molecule is CC(C)(C#Cc1ccc(-c2ccc(Cl)c3c(NS(C)(=O)=O)nn(CC(F)(F)F)c23)c(C(CC(=O)Cn2nc(C(F)(F)F)c3c2C(F)(F)C2CC32)Cc2cc(F)cc(F)c2)n1)S(C)(=O)=O. The van der Waals surface area contributed by atoms with Crippen LogP contribution in [0.1, 0.15) is 72.4 Å². The molecule has 1 fully saturated rings. The first kappa shape index (κ1) is 46.8. The molecule has 0 saturated heterocycles. The summed E-state index contributed by atoms with van der Waals surface area (Å²) >= 11 is 6.47. The Bertz CT molecular complexity index is 3030. The van der Waals surface area contributed by atoms with E-state index in [0.29, 0.717) is 17.0 Å². The molecule has 7 rings (SSSR count). The van der Waals surface area contributed by atoms with Crippen molar-refractivity contribution in [1.29, 1.82) is 0 Å². The fourth-order valence-corrected chi connectivity index (χ4v) is 8.77. The lowest BCUT2D eigenvalue weighted by Gasteiger charge is -2.22. The van der Waals surface area contributed by atoms with Gasteiger partial charge in [0.15, 0.2) is 27.1 Å². The summed E-state index contributed by atoms with van der Waals surface area (Å²) in [6, 6.07) is 7.16. The summed E-state index contributed by atoms with van der Waals surface area (Å²) in [7, 11) is -8.04. The van der Waals surface area contributed by atoms with Gasteiger partial charge >= 0.3 is 12.4 Å². The molecule has 0 radical (unpaired) electrons. The van der Waals surface area contributed by atoms with Crippen LogP contribution in [0.5, 0.6) is 0 Å². The van der Waals surface area contributed by atoms with Gasteiger partial charge in [-0.3, -0.25) is 18.9 Å². The van der Waals surface area contributed by atoms with Crippen LogP contribution in [-0.2, 0) is 56.3 Å². The van der Waals surface area contributed by atoms with Gasteiger partial charge in [-0.25, -0.2) is 30.6 Å². The predicted octanol–water partition coefficient (Wildman–Crippen LogP) is 8.55. The van der Waals surface area contributed by atoms with Gasteiger partial charge in [0, 0.05) is 47.3 Å². The van der Waals surface area contributed by atoms with Crippen molar-refractivity contribution in [1.82, 2.24) is 24.5 Å². The molecule has 0 amide bonds. The summed E-state index contributed by atoms with van der Waals surface area (Å²) < 4.78 is 196. The fraction of sp³-hybridized carbons (Fsp3) is 0.400. The number of sulfone groups is 1. The molecule has 0 bridgehead atoms. The Balaban J connectivity index is 1.45. The lowest BCUT2D eigenvalue weighted by molar-refractivity contribution is -0.142. The lowest BCUT2D eigenvalue weighted by Crippen LogP contribution is -2.28. The molecular weight excluding hydrogens is 934 g/mol. The number of pyridine rings is 1. The molecule has 2 aliphatic rings. The minimum atomic E-state index is -5.17. The number of aromatic nitrogens is 5. The molecule has 2 aromatic carbocycles. The second-order valence-corrected chi connectivity index (χ2v) is 21.0. The monoisotopic (exact) mass is 966 g/mol. The number of carbonyl (C=O) groups is 1. The average molecular weight is 967 g/mol. The molecule has 3 unspecified atom stereocenters. The largest absolute Gasteiger partial charge is 0.435 e. The summed E-state index contributed by atoms with van der Waals surface area (Å²) in [5.41, 5.74) is -4.73. The van der Waals surface area contributed by atoms with Crippen molar-refractivity contribution in [2.75, 3.05) is 17.2 Å². The number of nitrogens with one attached hydrogen (secondary N) is 1. The van der Waals surface area contributed by atoms with E-state index in [0.717, 1.165) is 18.4 Å². The Morgan fingerprint density at radius 1 is 0.953 bits per heavy atom. The third-order valence-corrected chi connectivity index (χ3v) is 13.7. The first-order chi connectivity index (χ1) is 29.3. The van der Waals surface area contributed by atoms with Gasteiger partial charge in [-0.05, 0) is 74.4 Å². The summed E-state index contributed by atoms with van der Waals surface area (Å²) in [6.45, 7) is -0.395. The number of fused-ring (bicyclic) bond motifs is 4. The topological polar surface area (TPSA) is 146 Å². The first-order valence-electron chi connectivity index (χ1n) is 18.8. The van der Waals surface area contributed by atoms with Crippen molar-refractivity contribution < 1.29 is 65.5 Å². The van der Waals surface area contributed by atoms with E-state index < -0.39 is 132 Å². The number of ketones is 1. The zero-order valence-corrected chi connectivity index (χ0v) is 35.9. The summed E-state index contributed by atoms with van der Waals surface area (Å²) in [5, 5.41) is 6.66. The van der Waals surface area contributed by atoms with Gasteiger partial charge in [0.25, 0.3) is 5.92 Å². The second kappa shape index (κ2) is 15.7. The van der Waals surface area contributed by atoms with Crippen molar-refractivity contribution in [2.24, 2.45) is 5.92 Å². The lowest BCUT2D eigenvalue weighted by atomic mass is 9.86. The minimum absolute atomic E-state index is 0.133. The number of nitrogens with zero attached hydrogens (tertiary/aromatic N) is 5. The molecule has 0 spiro atoms. The maximum Gasteiger partial charge on any atom is 0.435 e. The highest BCUT2D eigenvalue weighted by Gasteiger charge is 2.68. The third-order valence-electron chi connectivity index (χ3n) is 10.9. The summed E-state index contributed by atoms with van der Waals surface area (Å²) in [5.74, 6) is -6.44. The number of Topliss-reactive ketones (excluding diaryl/α,β-unsaturated/α-hetero) is 1. The van der Waals surface area contributed by atoms with Crippen LogP contribution in [0.25, 0.3) is 22.0 Å². The molecule has 3 aromatic heterocycles. The quantitative estimate of drug-likeness (QED) is 0.0968. The first-order valence-corrected chi connectivity index (χ1v) is 23.0. The van der Waals surface area contributed by atoms with E-state index in [2.05, 4.69) is 27.0 Å². The molecule has 1 N–H and O–H groups in total. The smallest absolute Gasteiger partial charge is 0.298 e. The van der Waals surface area contributed by atoms with Crippen molar-refractivity contribution in [3.63, 3.8) is 0 Å². The Labute approximate surface area is 363 Å². The van der Waals surface area contributed by atoms with Crippen LogP contribution in [0.4, 0.5) is 49.7 Å². The Hall–Kier alpha value is -5.21. The van der Waals surface area contributed by atoms with E-state index >= 15 is 8.78 Å². The van der Waals surface area contributed by atoms with Gasteiger partial charge < -0.3 is 0 Å². The van der Waals surface area contributed by atoms with Crippen LogP contribution in [0.2, 0.25) is 5.02 Å². The highest BCUT2D eigenvalue weighted by Crippen LogP contribution is 2.68. The number of alkyl halides is 8. The van der Waals surface area contributed by atoms with Crippen molar-refractivity contribution in [2.45, 2.75) is 81.1 Å². The molecule has 11 nitrogen and oxygen atoms in total. The van der Waals surface area contributed by atoms with Gasteiger partial charge in [-0.15, -0.1) is 0 Å². The van der Waals surface area contributed by atoms with E-state index in [9.17, 15) is 56.8 Å². The van der Waals surface area contributed by atoms with Gasteiger partial charge in [-0.1, -0.05) is 23.6 Å². The van der Waals surface area contributed by atoms with E-state index in [-0.39, 0.29) is 49.6 Å².